The fourth-order valence-corrected chi connectivity index (χ4v) is 3.70. The SMILES string of the molecule is O=C1CNCc2ccccc2N1Cc1ccc(Br)s1. The number of rotatable bonds is 2. The minimum Gasteiger partial charge on any atom is -0.306 e. The van der Waals surface area contributed by atoms with Crippen LogP contribution in [0, 0.1) is 0 Å². The van der Waals surface area contributed by atoms with E-state index < -0.39 is 0 Å². The maximum Gasteiger partial charge on any atom is 0.241 e. The average molecular weight is 337 g/mol. The number of carbonyl (C=O) groups is 1. The van der Waals surface area contributed by atoms with E-state index in [1.54, 1.807) is 11.3 Å². The Morgan fingerprint density at radius 3 is 2.84 bits per heavy atom. The second-order valence-corrected chi connectivity index (χ2v) is 6.97. The van der Waals surface area contributed by atoms with Gasteiger partial charge in [-0.2, -0.15) is 0 Å². The van der Waals surface area contributed by atoms with Crippen molar-refractivity contribution in [3.63, 3.8) is 0 Å². The fourth-order valence-electron chi connectivity index (χ4n) is 2.22. The third-order valence-electron chi connectivity index (χ3n) is 3.12. The molecule has 0 aliphatic carbocycles. The summed E-state index contributed by atoms with van der Waals surface area (Å²) in [7, 11) is 0. The zero-order valence-corrected chi connectivity index (χ0v) is 12.6. The lowest BCUT2D eigenvalue weighted by atomic mass is 10.1. The molecule has 3 nitrogen and oxygen atoms in total. The molecular formula is C14H13BrN2OS. The summed E-state index contributed by atoms with van der Waals surface area (Å²) in [6, 6.07) is 12.2. The van der Waals surface area contributed by atoms with Gasteiger partial charge in [-0.05, 0) is 39.7 Å². The van der Waals surface area contributed by atoms with Gasteiger partial charge in [-0.3, -0.25) is 4.79 Å². The average Bonchev–Trinajstić information content (AvgIpc) is 2.75. The van der Waals surface area contributed by atoms with E-state index in [4.69, 9.17) is 0 Å². The van der Waals surface area contributed by atoms with Crippen LogP contribution in [0.2, 0.25) is 0 Å². The Bertz CT molecular complexity index is 611. The normalized spacial score (nSPS) is 15.2. The third kappa shape index (κ3) is 2.73. The van der Waals surface area contributed by atoms with E-state index in [2.05, 4.69) is 33.4 Å². The van der Waals surface area contributed by atoms with E-state index in [1.807, 2.05) is 29.2 Å². The number of carbonyl (C=O) groups excluding carboxylic acids is 1. The van der Waals surface area contributed by atoms with Gasteiger partial charge in [-0.1, -0.05) is 18.2 Å². The predicted octanol–water partition coefficient (Wildman–Crippen LogP) is 3.15. The first-order valence-corrected chi connectivity index (χ1v) is 7.68. The van der Waals surface area contributed by atoms with Crippen LogP contribution in [-0.4, -0.2) is 12.5 Å². The smallest absolute Gasteiger partial charge is 0.241 e. The number of thiophene rings is 1. The third-order valence-corrected chi connectivity index (χ3v) is 4.73. The van der Waals surface area contributed by atoms with Crippen molar-refractivity contribution in [2.75, 3.05) is 11.4 Å². The van der Waals surface area contributed by atoms with Crippen LogP contribution in [-0.2, 0) is 17.9 Å². The van der Waals surface area contributed by atoms with Crippen molar-refractivity contribution >= 4 is 38.9 Å². The van der Waals surface area contributed by atoms with Gasteiger partial charge in [-0.15, -0.1) is 11.3 Å². The number of anilines is 1. The zero-order valence-electron chi connectivity index (χ0n) is 10.2. The molecule has 0 bridgehead atoms. The highest BCUT2D eigenvalue weighted by molar-refractivity contribution is 9.11. The first-order valence-electron chi connectivity index (χ1n) is 6.07. The lowest BCUT2D eigenvalue weighted by molar-refractivity contribution is -0.117. The zero-order chi connectivity index (χ0) is 13.2. The molecule has 0 unspecified atom stereocenters. The van der Waals surface area contributed by atoms with Gasteiger partial charge >= 0.3 is 0 Å². The summed E-state index contributed by atoms with van der Waals surface area (Å²) in [6.45, 7) is 1.77. The van der Waals surface area contributed by atoms with Gasteiger partial charge < -0.3 is 10.2 Å². The molecule has 1 aliphatic heterocycles. The number of hydrogen-bond donors (Lipinski definition) is 1. The maximum absolute atomic E-state index is 12.2. The van der Waals surface area contributed by atoms with Crippen molar-refractivity contribution in [2.24, 2.45) is 0 Å². The van der Waals surface area contributed by atoms with Gasteiger partial charge in [0.1, 0.15) is 0 Å². The Morgan fingerprint density at radius 1 is 1.21 bits per heavy atom. The van der Waals surface area contributed by atoms with Crippen LogP contribution >= 0.6 is 27.3 Å². The van der Waals surface area contributed by atoms with Crippen LogP contribution in [0.4, 0.5) is 5.69 Å². The second-order valence-electron chi connectivity index (χ2n) is 4.42. The van der Waals surface area contributed by atoms with E-state index in [-0.39, 0.29) is 5.91 Å². The van der Waals surface area contributed by atoms with Crippen molar-refractivity contribution in [3.8, 4) is 0 Å². The number of halogens is 1. The Labute approximate surface area is 124 Å². The fraction of sp³-hybridized carbons (Fsp3) is 0.214. The van der Waals surface area contributed by atoms with Crippen LogP contribution in [0.5, 0.6) is 0 Å². The number of hydrogen-bond acceptors (Lipinski definition) is 3. The van der Waals surface area contributed by atoms with E-state index in [0.717, 1.165) is 16.0 Å². The highest BCUT2D eigenvalue weighted by Gasteiger charge is 2.22. The van der Waals surface area contributed by atoms with Crippen LogP contribution < -0.4 is 10.2 Å². The standard InChI is InChI=1S/C14H13BrN2OS/c15-13-6-5-11(19-13)9-17-12-4-2-1-3-10(12)7-16-8-14(17)18/h1-6,16H,7-9H2. The van der Waals surface area contributed by atoms with Gasteiger partial charge in [0.25, 0.3) is 0 Å². The Hall–Kier alpha value is -1.17. The van der Waals surface area contributed by atoms with Crippen molar-refractivity contribution in [3.05, 3.63) is 50.6 Å². The first kappa shape index (κ1) is 12.8. The topological polar surface area (TPSA) is 32.3 Å². The quantitative estimate of drug-likeness (QED) is 0.913. The Kier molecular flexibility index (Phi) is 3.68. The van der Waals surface area contributed by atoms with Crippen molar-refractivity contribution in [2.45, 2.75) is 13.1 Å². The summed E-state index contributed by atoms with van der Waals surface area (Å²) in [5.74, 6) is 0.120. The molecule has 2 heterocycles. The molecule has 2 aromatic rings. The molecule has 98 valence electrons. The molecule has 1 amide bonds. The molecule has 1 aromatic heterocycles. The summed E-state index contributed by atoms with van der Waals surface area (Å²) in [6.07, 6.45) is 0. The van der Waals surface area contributed by atoms with Crippen LogP contribution in [0.3, 0.4) is 0 Å². The number of nitrogens with one attached hydrogen (secondary N) is 1. The van der Waals surface area contributed by atoms with Crippen LogP contribution in [0.1, 0.15) is 10.4 Å². The lowest BCUT2D eigenvalue weighted by Crippen LogP contribution is -2.34. The van der Waals surface area contributed by atoms with E-state index in [9.17, 15) is 4.79 Å². The molecule has 0 spiro atoms. The van der Waals surface area contributed by atoms with Gasteiger partial charge in [0, 0.05) is 17.1 Å². The minimum atomic E-state index is 0.120. The Balaban J connectivity index is 1.95. The van der Waals surface area contributed by atoms with E-state index in [0.29, 0.717) is 13.1 Å². The molecule has 1 N–H and O–H groups in total. The van der Waals surface area contributed by atoms with Crippen LogP contribution in [0.15, 0.2) is 40.2 Å². The highest BCUT2D eigenvalue weighted by atomic mass is 79.9. The van der Waals surface area contributed by atoms with Crippen molar-refractivity contribution < 1.29 is 4.79 Å². The van der Waals surface area contributed by atoms with Crippen LogP contribution in [0.25, 0.3) is 0 Å². The van der Waals surface area contributed by atoms with E-state index >= 15 is 0 Å². The van der Waals surface area contributed by atoms with Crippen molar-refractivity contribution in [1.29, 1.82) is 0 Å². The highest BCUT2D eigenvalue weighted by Crippen LogP contribution is 2.28. The summed E-state index contributed by atoms with van der Waals surface area (Å²) in [5.41, 5.74) is 2.19. The molecule has 19 heavy (non-hydrogen) atoms. The summed E-state index contributed by atoms with van der Waals surface area (Å²) >= 11 is 5.13. The second kappa shape index (κ2) is 5.45. The lowest BCUT2D eigenvalue weighted by Gasteiger charge is -2.21. The number of nitrogens with zero attached hydrogens (tertiary/aromatic N) is 1. The molecular weight excluding hydrogens is 324 g/mol. The largest absolute Gasteiger partial charge is 0.306 e. The van der Waals surface area contributed by atoms with Gasteiger partial charge in [0.2, 0.25) is 5.91 Å². The van der Waals surface area contributed by atoms with Gasteiger partial charge in [0.05, 0.1) is 16.9 Å². The molecule has 0 fully saturated rings. The summed E-state index contributed by atoms with van der Waals surface area (Å²) < 4.78 is 1.09. The monoisotopic (exact) mass is 336 g/mol. The molecule has 0 saturated heterocycles. The number of amides is 1. The van der Waals surface area contributed by atoms with Gasteiger partial charge in [0.15, 0.2) is 0 Å². The summed E-state index contributed by atoms with van der Waals surface area (Å²) in [5, 5.41) is 3.18. The molecule has 1 aromatic carbocycles. The van der Waals surface area contributed by atoms with E-state index in [1.165, 1.54) is 10.4 Å². The minimum absolute atomic E-state index is 0.120. The molecule has 0 saturated carbocycles. The summed E-state index contributed by atoms with van der Waals surface area (Å²) in [4.78, 5) is 15.3. The molecule has 0 atom stereocenters. The predicted molar refractivity (Wildman–Crippen MR) is 81.4 cm³/mol. The number of benzene rings is 1. The first-order chi connectivity index (χ1) is 9.24. The molecule has 3 rings (SSSR count). The maximum atomic E-state index is 12.2. The molecule has 5 heteroatoms. The molecule has 1 aliphatic rings. The number of fused-ring (bicyclic) bond motifs is 1. The number of para-hydroxylation sites is 1. The van der Waals surface area contributed by atoms with Crippen molar-refractivity contribution in [1.82, 2.24) is 5.32 Å². The Morgan fingerprint density at radius 2 is 2.05 bits per heavy atom. The molecule has 0 radical (unpaired) electrons. The van der Waals surface area contributed by atoms with Gasteiger partial charge in [-0.25, -0.2) is 0 Å².